The van der Waals surface area contributed by atoms with Crippen LogP contribution in [0.1, 0.15) is 12.5 Å². The Morgan fingerprint density at radius 2 is 1.66 bits per heavy atom. The SMILES string of the molecule is CCn1nc(-c2cccc(-c3ccc(CO)cc3)c2)cc(NC(=O)Nc2c(Cl)cncc2Cl)c1=O. The van der Waals surface area contributed by atoms with E-state index in [2.05, 4.69) is 20.7 Å². The number of rotatable bonds is 6. The normalized spacial score (nSPS) is 10.7. The predicted octanol–water partition coefficient (Wildman–Crippen LogP) is 5.44. The van der Waals surface area contributed by atoms with Crippen molar-refractivity contribution in [1.29, 1.82) is 0 Å². The molecule has 0 radical (unpaired) electrons. The number of halogens is 2. The summed E-state index contributed by atoms with van der Waals surface area (Å²) in [6.07, 6.45) is 2.70. The van der Waals surface area contributed by atoms with Gasteiger partial charge in [-0.05, 0) is 35.7 Å². The summed E-state index contributed by atoms with van der Waals surface area (Å²) in [6.45, 7) is 2.08. The maximum Gasteiger partial charge on any atom is 0.323 e. The van der Waals surface area contributed by atoms with Gasteiger partial charge in [-0.15, -0.1) is 0 Å². The highest BCUT2D eigenvalue weighted by Crippen LogP contribution is 2.29. The minimum Gasteiger partial charge on any atom is -0.392 e. The second kappa shape index (κ2) is 10.7. The molecule has 0 saturated heterocycles. The van der Waals surface area contributed by atoms with Crippen LogP contribution in [0.25, 0.3) is 22.4 Å². The summed E-state index contributed by atoms with van der Waals surface area (Å²) < 4.78 is 1.28. The van der Waals surface area contributed by atoms with Crippen LogP contribution in [0.3, 0.4) is 0 Å². The molecule has 0 fully saturated rings. The molecule has 0 atom stereocenters. The smallest absolute Gasteiger partial charge is 0.323 e. The molecule has 35 heavy (non-hydrogen) atoms. The van der Waals surface area contributed by atoms with Crippen molar-refractivity contribution < 1.29 is 9.90 Å². The van der Waals surface area contributed by atoms with Crippen molar-refractivity contribution in [2.24, 2.45) is 0 Å². The van der Waals surface area contributed by atoms with Crippen LogP contribution in [-0.2, 0) is 13.2 Å². The Hall–Kier alpha value is -3.72. The van der Waals surface area contributed by atoms with E-state index in [4.69, 9.17) is 23.2 Å². The van der Waals surface area contributed by atoms with Crippen molar-refractivity contribution in [3.05, 3.63) is 93.0 Å². The van der Waals surface area contributed by atoms with Gasteiger partial charge in [-0.2, -0.15) is 5.10 Å². The van der Waals surface area contributed by atoms with Gasteiger partial charge in [-0.1, -0.05) is 65.7 Å². The lowest BCUT2D eigenvalue weighted by molar-refractivity contribution is 0.262. The van der Waals surface area contributed by atoms with Gasteiger partial charge in [0.05, 0.1) is 28.0 Å². The number of benzene rings is 2. The second-order valence-electron chi connectivity index (χ2n) is 7.56. The fourth-order valence-electron chi connectivity index (χ4n) is 3.45. The van der Waals surface area contributed by atoms with Gasteiger partial charge in [0.1, 0.15) is 5.69 Å². The average Bonchev–Trinajstić information content (AvgIpc) is 2.87. The largest absolute Gasteiger partial charge is 0.392 e. The zero-order chi connectivity index (χ0) is 24.9. The van der Waals surface area contributed by atoms with Crippen LogP contribution in [-0.4, -0.2) is 25.9 Å². The lowest BCUT2D eigenvalue weighted by atomic mass is 10.0. The molecule has 4 rings (SSSR count). The fourth-order valence-corrected chi connectivity index (χ4v) is 3.90. The highest BCUT2D eigenvalue weighted by atomic mass is 35.5. The number of aliphatic hydroxyl groups is 1. The molecule has 0 unspecified atom stereocenters. The molecule has 0 spiro atoms. The summed E-state index contributed by atoms with van der Waals surface area (Å²) in [5.74, 6) is 0. The number of carbonyl (C=O) groups excluding carboxylic acids is 1. The first-order chi connectivity index (χ1) is 16.9. The zero-order valence-corrected chi connectivity index (χ0v) is 20.1. The highest BCUT2D eigenvalue weighted by molar-refractivity contribution is 6.39. The van der Waals surface area contributed by atoms with Crippen LogP contribution in [0.5, 0.6) is 0 Å². The van der Waals surface area contributed by atoms with Gasteiger partial charge >= 0.3 is 6.03 Å². The molecule has 2 aromatic heterocycles. The molecule has 0 aliphatic heterocycles. The summed E-state index contributed by atoms with van der Waals surface area (Å²) in [5, 5.41) is 19.2. The predicted molar refractivity (Wildman–Crippen MR) is 138 cm³/mol. The molecule has 178 valence electrons. The van der Waals surface area contributed by atoms with E-state index in [1.54, 1.807) is 6.92 Å². The molecule has 2 aromatic carbocycles. The van der Waals surface area contributed by atoms with Crippen LogP contribution in [0, 0.1) is 0 Å². The number of anilines is 2. The molecule has 0 aliphatic rings. The maximum atomic E-state index is 12.8. The van der Waals surface area contributed by atoms with Crippen LogP contribution < -0.4 is 16.2 Å². The van der Waals surface area contributed by atoms with Gasteiger partial charge in [0.25, 0.3) is 5.56 Å². The van der Waals surface area contributed by atoms with Gasteiger partial charge < -0.3 is 15.7 Å². The van der Waals surface area contributed by atoms with Crippen molar-refractivity contribution in [3.8, 4) is 22.4 Å². The van der Waals surface area contributed by atoms with Crippen LogP contribution >= 0.6 is 23.2 Å². The van der Waals surface area contributed by atoms with E-state index in [0.717, 1.165) is 22.3 Å². The van der Waals surface area contributed by atoms with Gasteiger partial charge in [0.2, 0.25) is 0 Å². The van der Waals surface area contributed by atoms with E-state index >= 15 is 0 Å². The summed E-state index contributed by atoms with van der Waals surface area (Å²) >= 11 is 12.1. The minimum absolute atomic E-state index is 0.0221. The van der Waals surface area contributed by atoms with Crippen LogP contribution in [0.2, 0.25) is 10.0 Å². The lowest BCUT2D eigenvalue weighted by Crippen LogP contribution is -2.29. The lowest BCUT2D eigenvalue weighted by Gasteiger charge is -2.13. The summed E-state index contributed by atoms with van der Waals surface area (Å²) in [6, 6.07) is 16.1. The average molecular weight is 510 g/mol. The molecule has 10 heteroatoms. The quantitative estimate of drug-likeness (QED) is 0.320. The number of nitrogens with zero attached hydrogens (tertiary/aromatic N) is 3. The summed E-state index contributed by atoms with van der Waals surface area (Å²) in [4.78, 5) is 29.3. The van der Waals surface area contributed by atoms with Crippen molar-refractivity contribution in [2.75, 3.05) is 10.6 Å². The third-order valence-corrected chi connectivity index (χ3v) is 5.82. The van der Waals surface area contributed by atoms with E-state index in [-0.39, 0.29) is 28.0 Å². The van der Waals surface area contributed by atoms with E-state index in [1.807, 2.05) is 48.5 Å². The zero-order valence-electron chi connectivity index (χ0n) is 18.6. The minimum atomic E-state index is -0.686. The molecule has 0 aliphatic carbocycles. The first-order valence-corrected chi connectivity index (χ1v) is 11.4. The van der Waals surface area contributed by atoms with Crippen molar-refractivity contribution in [1.82, 2.24) is 14.8 Å². The molecule has 2 heterocycles. The standard InChI is InChI=1S/C25H21Cl2N5O3/c1-2-32-24(34)22(29-25(35)30-23-19(26)12-28-13-20(23)27)11-21(31-32)18-5-3-4-17(10-18)16-8-6-15(14-33)7-9-16/h3-13,33H,2,14H2,1H3,(H2,28,29,30,35). The van der Waals surface area contributed by atoms with E-state index in [9.17, 15) is 14.7 Å². The Balaban J connectivity index is 1.66. The molecule has 8 nitrogen and oxygen atoms in total. The molecule has 0 saturated carbocycles. The maximum absolute atomic E-state index is 12.8. The van der Waals surface area contributed by atoms with E-state index in [1.165, 1.54) is 23.1 Å². The number of aromatic nitrogens is 3. The van der Waals surface area contributed by atoms with E-state index in [0.29, 0.717) is 12.2 Å². The first-order valence-electron chi connectivity index (χ1n) is 10.7. The van der Waals surface area contributed by atoms with Gasteiger partial charge in [0.15, 0.2) is 0 Å². The van der Waals surface area contributed by atoms with Crippen LogP contribution in [0.15, 0.2) is 71.8 Å². The molecule has 4 aromatic rings. The molecule has 0 bridgehead atoms. The molecular weight excluding hydrogens is 489 g/mol. The number of hydrogen-bond donors (Lipinski definition) is 3. The van der Waals surface area contributed by atoms with E-state index < -0.39 is 11.6 Å². The molecule has 2 amide bonds. The van der Waals surface area contributed by atoms with Gasteiger partial charge in [-0.25, -0.2) is 9.48 Å². The Morgan fingerprint density at radius 3 is 2.31 bits per heavy atom. The van der Waals surface area contributed by atoms with Gasteiger partial charge in [-0.3, -0.25) is 9.78 Å². The van der Waals surface area contributed by atoms with Crippen molar-refractivity contribution >= 4 is 40.6 Å². The Labute approximate surface area is 211 Å². The van der Waals surface area contributed by atoms with Crippen molar-refractivity contribution in [3.63, 3.8) is 0 Å². The second-order valence-corrected chi connectivity index (χ2v) is 8.37. The Kier molecular flexibility index (Phi) is 7.45. The molecular formula is C25H21Cl2N5O3. The number of nitrogens with one attached hydrogen (secondary N) is 2. The van der Waals surface area contributed by atoms with Crippen molar-refractivity contribution in [2.45, 2.75) is 20.1 Å². The Morgan fingerprint density at radius 1 is 0.971 bits per heavy atom. The number of aryl methyl sites for hydroxylation is 1. The highest BCUT2D eigenvalue weighted by Gasteiger charge is 2.15. The summed E-state index contributed by atoms with van der Waals surface area (Å²) in [7, 11) is 0. The number of carbonyl (C=O) groups is 1. The van der Waals surface area contributed by atoms with Gasteiger partial charge in [0, 0.05) is 24.5 Å². The summed E-state index contributed by atoms with van der Waals surface area (Å²) in [5.41, 5.74) is 3.79. The third-order valence-electron chi connectivity index (χ3n) is 5.24. The monoisotopic (exact) mass is 509 g/mol. The topological polar surface area (TPSA) is 109 Å². The van der Waals surface area contributed by atoms with Crippen LogP contribution in [0.4, 0.5) is 16.2 Å². The number of hydrogen-bond acceptors (Lipinski definition) is 5. The number of pyridine rings is 1. The number of aliphatic hydroxyl groups excluding tert-OH is 1. The molecule has 3 N–H and O–H groups in total. The first kappa shape index (κ1) is 24.4. The number of amides is 2. The number of urea groups is 1. The fraction of sp³-hybridized carbons (Fsp3) is 0.120. The third kappa shape index (κ3) is 5.51. The Bertz CT molecular complexity index is 1420.